The van der Waals surface area contributed by atoms with Gasteiger partial charge in [-0.2, -0.15) is 0 Å². The predicted octanol–water partition coefficient (Wildman–Crippen LogP) is 8.74. The lowest BCUT2D eigenvalue weighted by Gasteiger charge is -2.15. The molecule has 0 unspecified atom stereocenters. The normalized spacial score (nSPS) is 12.4. The summed E-state index contributed by atoms with van der Waals surface area (Å²) in [7, 11) is 1.61. The fourth-order valence-corrected chi connectivity index (χ4v) is 5.41. The summed E-state index contributed by atoms with van der Waals surface area (Å²) in [4.78, 5) is 18.4. The van der Waals surface area contributed by atoms with Gasteiger partial charge < -0.3 is 4.74 Å². The number of rotatable bonds is 10. The van der Waals surface area contributed by atoms with Crippen molar-refractivity contribution >= 4 is 21.6 Å². The van der Waals surface area contributed by atoms with Gasteiger partial charge in [0.25, 0.3) is 0 Å². The molecule has 4 heteroatoms. The Bertz CT molecular complexity index is 1310. The van der Waals surface area contributed by atoms with Crippen molar-refractivity contribution < 1.29 is 4.74 Å². The molecule has 3 nitrogen and oxygen atoms in total. The van der Waals surface area contributed by atoms with Crippen LogP contribution in [0.4, 0.5) is 0 Å². The summed E-state index contributed by atoms with van der Waals surface area (Å²) in [6.07, 6.45) is 13.6. The molecule has 1 heterocycles. The first-order chi connectivity index (χ1) is 16.7. The van der Waals surface area contributed by atoms with E-state index in [1.165, 1.54) is 22.3 Å². The minimum absolute atomic E-state index is 0.0416. The van der Waals surface area contributed by atoms with Crippen LogP contribution in [0.2, 0.25) is 0 Å². The van der Waals surface area contributed by atoms with Crippen LogP contribution >= 0.6 is 11.3 Å². The van der Waals surface area contributed by atoms with Gasteiger partial charge in [0.1, 0.15) is 5.69 Å². The van der Waals surface area contributed by atoms with E-state index in [2.05, 4.69) is 64.1 Å². The quantitative estimate of drug-likeness (QED) is 0.211. The molecule has 0 N–H and O–H groups in total. The third-order valence-electron chi connectivity index (χ3n) is 6.51. The number of fused-ring (bicyclic) bond motifs is 2. The summed E-state index contributed by atoms with van der Waals surface area (Å²) in [5.41, 5.74) is 8.79. The summed E-state index contributed by atoms with van der Waals surface area (Å²) < 4.78 is 6.66. The molecule has 0 atom stereocenters. The summed E-state index contributed by atoms with van der Waals surface area (Å²) in [5.74, 6) is 0.596. The highest BCUT2D eigenvalue weighted by Crippen LogP contribution is 2.39. The van der Waals surface area contributed by atoms with Crippen LogP contribution in [0, 0.1) is 13.8 Å². The summed E-state index contributed by atoms with van der Waals surface area (Å²) in [5, 5.41) is 0. The van der Waals surface area contributed by atoms with E-state index in [0.29, 0.717) is 11.3 Å². The Morgan fingerprint density at radius 3 is 2.26 bits per heavy atom. The molecule has 1 aliphatic heterocycles. The van der Waals surface area contributed by atoms with Gasteiger partial charge in [0.05, 0.1) is 22.2 Å². The van der Waals surface area contributed by atoms with E-state index in [4.69, 9.17) is 9.72 Å². The molecule has 186 valence electrons. The smallest absolute Gasteiger partial charge is 0.189 e. The highest BCUT2D eigenvalue weighted by Gasteiger charge is 2.21. The molecule has 0 spiro atoms. The van der Waals surface area contributed by atoms with Crippen molar-refractivity contribution in [3.63, 3.8) is 0 Å². The molecule has 0 aromatic heterocycles. The van der Waals surface area contributed by atoms with E-state index in [9.17, 15) is 4.79 Å². The average Bonchev–Trinajstić information content (AvgIpc) is 2.82. The Morgan fingerprint density at radius 2 is 1.60 bits per heavy atom. The molecule has 0 radical (unpaired) electrons. The van der Waals surface area contributed by atoms with Crippen LogP contribution in [0.3, 0.4) is 0 Å². The second kappa shape index (κ2) is 12.3. The van der Waals surface area contributed by atoms with Gasteiger partial charge in [-0.3, -0.25) is 4.79 Å². The zero-order valence-electron chi connectivity index (χ0n) is 22.4. The van der Waals surface area contributed by atoms with E-state index in [1.807, 2.05) is 13.8 Å². The van der Waals surface area contributed by atoms with Crippen molar-refractivity contribution in [3.8, 4) is 16.3 Å². The monoisotopic (exact) mass is 489 g/mol. The zero-order valence-corrected chi connectivity index (χ0v) is 23.2. The molecule has 0 amide bonds. The predicted molar refractivity (Wildman–Crippen MR) is 152 cm³/mol. The molecule has 0 saturated carbocycles. The molecule has 35 heavy (non-hydrogen) atoms. The number of hydrogen-bond donors (Lipinski definition) is 0. The van der Waals surface area contributed by atoms with Gasteiger partial charge in [-0.05, 0) is 97.8 Å². The summed E-state index contributed by atoms with van der Waals surface area (Å²) in [6.45, 7) is 12.5. The molecule has 1 aromatic rings. The minimum atomic E-state index is 0.0416. The van der Waals surface area contributed by atoms with Crippen molar-refractivity contribution in [2.45, 2.75) is 80.1 Å². The van der Waals surface area contributed by atoms with Crippen molar-refractivity contribution in [2.24, 2.45) is 0 Å². The molecule has 0 fully saturated rings. The Balaban J connectivity index is 1.67. The van der Waals surface area contributed by atoms with Crippen molar-refractivity contribution in [1.82, 2.24) is 4.98 Å². The van der Waals surface area contributed by atoms with Gasteiger partial charge in [-0.1, -0.05) is 41.0 Å². The van der Waals surface area contributed by atoms with E-state index in [-0.39, 0.29) is 5.43 Å². The topological polar surface area (TPSA) is 39.2 Å². The van der Waals surface area contributed by atoms with Crippen molar-refractivity contribution in [2.75, 3.05) is 7.11 Å². The second-order valence-corrected chi connectivity index (χ2v) is 10.9. The maximum absolute atomic E-state index is 12.6. The molecular formula is C31H39NO2S. The van der Waals surface area contributed by atoms with E-state index in [1.54, 1.807) is 18.4 Å². The van der Waals surface area contributed by atoms with E-state index in [0.717, 1.165) is 64.9 Å². The number of allylic oxidation sites excluding steroid dienone is 6. The number of aryl methyl sites for hydroxylation is 1. The fourth-order valence-electron chi connectivity index (χ4n) is 4.37. The molecule has 1 aromatic carbocycles. The Labute approximate surface area is 214 Å². The number of hydrogen-bond acceptors (Lipinski definition) is 4. The van der Waals surface area contributed by atoms with Crippen LogP contribution in [-0.2, 0) is 6.42 Å². The lowest BCUT2D eigenvalue weighted by molar-refractivity contribution is 0.411. The molecule has 0 bridgehead atoms. The van der Waals surface area contributed by atoms with Gasteiger partial charge in [0.15, 0.2) is 11.2 Å². The van der Waals surface area contributed by atoms with Gasteiger partial charge >= 0.3 is 0 Å². The van der Waals surface area contributed by atoms with Crippen LogP contribution in [0.25, 0.3) is 20.8 Å². The molecule has 2 aliphatic rings. The first kappa shape index (κ1) is 26.9. The summed E-state index contributed by atoms with van der Waals surface area (Å²) in [6, 6.07) is 6.51. The lowest BCUT2D eigenvalue weighted by Crippen LogP contribution is -2.13. The van der Waals surface area contributed by atoms with Gasteiger partial charge in [0, 0.05) is 11.1 Å². The van der Waals surface area contributed by atoms with Gasteiger partial charge in [-0.25, -0.2) is 4.98 Å². The van der Waals surface area contributed by atoms with E-state index >= 15 is 0 Å². The zero-order chi connectivity index (χ0) is 25.5. The molecule has 1 aliphatic carbocycles. The first-order valence-corrected chi connectivity index (χ1v) is 13.4. The van der Waals surface area contributed by atoms with Crippen LogP contribution in [-0.4, -0.2) is 12.1 Å². The van der Waals surface area contributed by atoms with Crippen molar-refractivity contribution in [3.05, 3.63) is 80.1 Å². The second-order valence-electron chi connectivity index (χ2n) is 9.80. The number of ether oxygens (including phenoxy) is 1. The van der Waals surface area contributed by atoms with Crippen LogP contribution in [0.15, 0.2) is 57.9 Å². The summed E-state index contributed by atoms with van der Waals surface area (Å²) >= 11 is 1.62. The highest BCUT2D eigenvalue weighted by atomic mass is 32.1. The molecular weight excluding hydrogens is 450 g/mol. The first-order valence-electron chi connectivity index (χ1n) is 12.6. The Hall–Kier alpha value is -2.72. The largest absolute Gasteiger partial charge is 0.494 e. The molecule has 3 rings (SSSR count). The number of benzene rings is 2. The number of methoxy groups -OCH3 is 1. The SMILES string of the molecule is COc1c2nc3cc(CC/C=C(\C)CC/C=C(\C)CCC=C(C)C)ccc3sc-2c(C)c(=O)c1C. The van der Waals surface area contributed by atoms with Crippen LogP contribution in [0.1, 0.15) is 76.5 Å². The highest BCUT2D eigenvalue weighted by molar-refractivity contribution is 7.21. The van der Waals surface area contributed by atoms with Crippen molar-refractivity contribution in [1.29, 1.82) is 0 Å². The lowest BCUT2D eigenvalue weighted by atomic mass is 10.0. The maximum atomic E-state index is 12.6. The molecule has 0 saturated heterocycles. The van der Waals surface area contributed by atoms with Crippen LogP contribution in [0.5, 0.6) is 5.75 Å². The maximum Gasteiger partial charge on any atom is 0.189 e. The third kappa shape index (κ3) is 6.91. The minimum Gasteiger partial charge on any atom is -0.494 e. The Kier molecular flexibility index (Phi) is 9.45. The van der Waals surface area contributed by atoms with Gasteiger partial charge in [-0.15, -0.1) is 11.3 Å². The standard InChI is InChI=1S/C31H39NO2S/c1-20(2)11-8-12-21(3)13-9-14-22(4)15-10-16-25-17-18-27-26(19-25)32-28-30(34-7)23(5)29(33)24(6)31(28)35-27/h11,13,15,17-19H,8-10,12,14,16H2,1-7H3/b21-13+,22-15+. The Morgan fingerprint density at radius 1 is 0.943 bits per heavy atom. The fraction of sp³-hybridized carbons (Fsp3) is 0.419. The number of nitrogens with zero attached hydrogens (tertiary/aromatic N) is 1. The van der Waals surface area contributed by atoms with Crippen LogP contribution < -0.4 is 10.2 Å². The van der Waals surface area contributed by atoms with E-state index < -0.39 is 0 Å². The average molecular weight is 490 g/mol. The number of aromatic nitrogens is 1. The van der Waals surface area contributed by atoms with Gasteiger partial charge in [0.2, 0.25) is 0 Å². The third-order valence-corrected chi connectivity index (χ3v) is 7.78.